The first-order valence-electron chi connectivity index (χ1n) is 6.19. The summed E-state index contributed by atoms with van der Waals surface area (Å²) in [5.41, 5.74) is 16.4. The molecule has 0 heterocycles. The zero-order valence-electron chi connectivity index (χ0n) is 11.0. The molecule has 0 bridgehead atoms. The molecule has 2 aromatic rings. The summed E-state index contributed by atoms with van der Waals surface area (Å²) in [5, 5.41) is 0. The third kappa shape index (κ3) is 2.30. The number of aryl methyl sites for hydroxylation is 2. The highest BCUT2D eigenvalue weighted by molar-refractivity contribution is 5.41. The van der Waals surface area contributed by atoms with E-state index in [4.69, 9.17) is 11.5 Å². The van der Waals surface area contributed by atoms with Crippen molar-refractivity contribution in [2.24, 2.45) is 11.5 Å². The smallest absolute Gasteiger partial charge is 0.0790 e. The van der Waals surface area contributed by atoms with Gasteiger partial charge in [-0.2, -0.15) is 0 Å². The Hall–Kier alpha value is -1.64. The molecule has 0 radical (unpaired) electrons. The van der Waals surface area contributed by atoms with Crippen molar-refractivity contribution < 1.29 is 0 Å². The minimum absolute atomic E-state index is 0.389. The molecule has 0 atom stereocenters. The van der Waals surface area contributed by atoms with Crippen LogP contribution in [0.3, 0.4) is 0 Å². The second-order valence-electron chi connectivity index (χ2n) is 4.91. The maximum atomic E-state index is 6.55. The van der Waals surface area contributed by atoms with Crippen LogP contribution in [0, 0.1) is 13.8 Å². The Kier molecular flexibility index (Phi) is 3.50. The molecule has 94 valence electrons. The van der Waals surface area contributed by atoms with E-state index in [0.29, 0.717) is 6.54 Å². The van der Waals surface area contributed by atoms with Gasteiger partial charge < -0.3 is 11.5 Å². The fourth-order valence-corrected chi connectivity index (χ4v) is 2.25. The highest BCUT2D eigenvalue weighted by Crippen LogP contribution is 2.27. The molecule has 0 fully saturated rings. The van der Waals surface area contributed by atoms with Crippen molar-refractivity contribution in [1.29, 1.82) is 0 Å². The first kappa shape index (κ1) is 12.8. The Morgan fingerprint density at radius 1 is 0.889 bits per heavy atom. The van der Waals surface area contributed by atoms with Crippen molar-refractivity contribution in [3.63, 3.8) is 0 Å². The highest BCUT2D eigenvalue weighted by atomic mass is 14.8. The van der Waals surface area contributed by atoms with Gasteiger partial charge in [-0.3, -0.25) is 0 Å². The molecule has 0 saturated carbocycles. The Morgan fingerprint density at radius 3 is 1.67 bits per heavy atom. The van der Waals surface area contributed by atoms with E-state index < -0.39 is 5.54 Å². The molecule has 2 aromatic carbocycles. The maximum Gasteiger partial charge on any atom is 0.0790 e. The predicted octanol–water partition coefficient (Wildman–Crippen LogP) is 2.46. The van der Waals surface area contributed by atoms with Gasteiger partial charge in [0.05, 0.1) is 5.54 Å². The van der Waals surface area contributed by atoms with E-state index in [1.165, 1.54) is 11.1 Å². The summed E-state index contributed by atoms with van der Waals surface area (Å²) in [6.45, 7) is 4.52. The average Bonchev–Trinajstić information content (AvgIpc) is 2.38. The molecule has 0 aromatic heterocycles. The van der Waals surface area contributed by atoms with Crippen LogP contribution < -0.4 is 11.5 Å². The number of benzene rings is 2. The van der Waals surface area contributed by atoms with Crippen LogP contribution in [0.4, 0.5) is 0 Å². The third-order valence-corrected chi connectivity index (χ3v) is 3.39. The van der Waals surface area contributed by atoms with Gasteiger partial charge in [0.1, 0.15) is 0 Å². The number of rotatable bonds is 3. The minimum Gasteiger partial charge on any atom is -0.328 e. The van der Waals surface area contributed by atoms with E-state index in [1.807, 2.05) is 24.3 Å². The molecule has 0 aliphatic carbocycles. The summed E-state index contributed by atoms with van der Waals surface area (Å²) in [6, 6.07) is 16.5. The van der Waals surface area contributed by atoms with Crippen LogP contribution in [0.1, 0.15) is 22.3 Å². The fraction of sp³-hybridized carbons (Fsp3) is 0.250. The van der Waals surface area contributed by atoms with E-state index in [0.717, 1.165) is 11.1 Å². The highest BCUT2D eigenvalue weighted by Gasteiger charge is 2.28. The van der Waals surface area contributed by atoms with E-state index in [9.17, 15) is 0 Å². The van der Waals surface area contributed by atoms with Gasteiger partial charge in [0.15, 0.2) is 0 Å². The summed E-state index contributed by atoms with van der Waals surface area (Å²) in [7, 11) is 0. The lowest BCUT2D eigenvalue weighted by Gasteiger charge is -2.30. The molecule has 2 rings (SSSR count). The molecule has 0 unspecified atom stereocenters. The molecular weight excluding hydrogens is 220 g/mol. The van der Waals surface area contributed by atoms with Gasteiger partial charge >= 0.3 is 0 Å². The summed E-state index contributed by atoms with van der Waals surface area (Å²) < 4.78 is 0. The standard InChI is InChI=1S/C16H20N2/c1-12-5-3-7-14(9-12)16(18,11-17)15-8-4-6-13(2)10-15/h3-10H,11,17-18H2,1-2H3. The van der Waals surface area contributed by atoms with E-state index >= 15 is 0 Å². The molecule has 0 saturated heterocycles. The van der Waals surface area contributed by atoms with Crippen molar-refractivity contribution >= 4 is 0 Å². The lowest BCUT2D eigenvalue weighted by Crippen LogP contribution is -2.45. The lowest BCUT2D eigenvalue weighted by atomic mass is 9.83. The van der Waals surface area contributed by atoms with Crippen molar-refractivity contribution in [3.8, 4) is 0 Å². The van der Waals surface area contributed by atoms with Gasteiger partial charge in [-0.25, -0.2) is 0 Å². The molecule has 0 aliphatic heterocycles. The van der Waals surface area contributed by atoms with Crippen LogP contribution in [-0.4, -0.2) is 6.54 Å². The average molecular weight is 240 g/mol. The van der Waals surface area contributed by atoms with E-state index in [1.54, 1.807) is 0 Å². The Labute approximate surface area is 109 Å². The Bertz CT molecular complexity index is 501. The molecule has 4 N–H and O–H groups in total. The van der Waals surface area contributed by atoms with Crippen molar-refractivity contribution in [2.75, 3.05) is 6.54 Å². The van der Waals surface area contributed by atoms with Gasteiger partial charge in [-0.05, 0) is 25.0 Å². The summed E-state index contributed by atoms with van der Waals surface area (Å²) in [4.78, 5) is 0. The van der Waals surface area contributed by atoms with Gasteiger partial charge in [0.2, 0.25) is 0 Å². The Morgan fingerprint density at radius 2 is 1.33 bits per heavy atom. The molecule has 0 spiro atoms. The SMILES string of the molecule is Cc1cccc(C(N)(CN)c2cccc(C)c2)c1. The quantitative estimate of drug-likeness (QED) is 0.866. The topological polar surface area (TPSA) is 52.0 Å². The van der Waals surface area contributed by atoms with Crippen molar-refractivity contribution in [1.82, 2.24) is 0 Å². The van der Waals surface area contributed by atoms with Crippen molar-refractivity contribution in [2.45, 2.75) is 19.4 Å². The maximum absolute atomic E-state index is 6.55. The first-order chi connectivity index (χ1) is 8.56. The molecule has 2 heteroatoms. The first-order valence-corrected chi connectivity index (χ1v) is 6.19. The van der Waals surface area contributed by atoms with Crippen molar-refractivity contribution in [3.05, 3.63) is 70.8 Å². The molecular formula is C16H20N2. The second-order valence-corrected chi connectivity index (χ2v) is 4.91. The van der Waals surface area contributed by atoms with Gasteiger partial charge in [0.25, 0.3) is 0 Å². The van der Waals surface area contributed by atoms with E-state index in [-0.39, 0.29) is 0 Å². The van der Waals surface area contributed by atoms with Gasteiger partial charge in [0, 0.05) is 6.54 Å². The summed E-state index contributed by atoms with van der Waals surface area (Å²) in [6.07, 6.45) is 0. The summed E-state index contributed by atoms with van der Waals surface area (Å²) >= 11 is 0. The lowest BCUT2D eigenvalue weighted by molar-refractivity contribution is 0.551. The van der Waals surface area contributed by atoms with Crippen LogP contribution in [0.5, 0.6) is 0 Å². The molecule has 0 amide bonds. The largest absolute Gasteiger partial charge is 0.328 e. The van der Waals surface area contributed by atoms with Crippen LogP contribution in [0.15, 0.2) is 48.5 Å². The molecule has 0 aliphatic rings. The Balaban J connectivity index is 2.54. The number of hydrogen-bond acceptors (Lipinski definition) is 2. The second kappa shape index (κ2) is 4.92. The van der Waals surface area contributed by atoms with Crippen LogP contribution in [0.2, 0.25) is 0 Å². The minimum atomic E-state index is -0.613. The zero-order chi connectivity index (χ0) is 13.2. The van der Waals surface area contributed by atoms with Gasteiger partial charge in [-0.1, -0.05) is 59.7 Å². The monoisotopic (exact) mass is 240 g/mol. The van der Waals surface area contributed by atoms with E-state index in [2.05, 4.69) is 38.1 Å². The predicted molar refractivity (Wildman–Crippen MR) is 76.4 cm³/mol. The third-order valence-electron chi connectivity index (χ3n) is 3.39. The number of hydrogen-bond donors (Lipinski definition) is 2. The molecule has 2 nitrogen and oxygen atoms in total. The molecule has 18 heavy (non-hydrogen) atoms. The number of nitrogens with two attached hydrogens (primary N) is 2. The van der Waals surface area contributed by atoms with Crippen LogP contribution in [0.25, 0.3) is 0 Å². The normalized spacial score (nSPS) is 11.6. The zero-order valence-corrected chi connectivity index (χ0v) is 11.0. The van der Waals surface area contributed by atoms with Gasteiger partial charge in [-0.15, -0.1) is 0 Å². The fourth-order valence-electron chi connectivity index (χ4n) is 2.25. The van der Waals surface area contributed by atoms with Crippen LogP contribution in [-0.2, 0) is 5.54 Å². The summed E-state index contributed by atoms with van der Waals surface area (Å²) in [5.74, 6) is 0. The van der Waals surface area contributed by atoms with Crippen LogP contribution >= 0.6 is 0 Å².